The Morgan fingerprint density at radius 1 is 1.27 bits per heavy atom. The number of benzene rings is 1. The summed E-state index contributed by atoms with van der Waals surface area (Å²) >= 11 is 0. The molecule has 0 aliphatic heterocycles. The number of rotatable bonds is 2. The Balaban J connectivity index is 2.57. The second kappa shape index (κ2) is 3.61. The molecule has 0 spiro atoms. The predicted octanol–water partition coefficient (Wildman–Crippen LogP) is 3.55. The lowest BCUT2D eigenvalue weighted by Gasteiger charge is -2.05. The quantitative estimate of drug-likeness (QED) is 0.741. The van der Waals surface area contributed by atoms with Gasteiger partial charge >= 0.3 is 6.55 Å². The summed E-state index contributed by atoms with van der Waals surface area (Å²) < 4.78 is 25.7. The largest absolute Gasteiger partial charge is 0.333 e. The summed E-state index contributed by atoms with van der Waals surface area (Å²) in [7, 11) is 0. The van der Waals surface area contributed by atoms with Crippen LogP contribution < -0.4 is 0 Å². The van der Waals surface area contributed by atoms with Crippen molar-refractivity contribution in [1.29, 1.82) is 0 Å². The fourth-order valence-electron chi connectivity index (χ4n) is 1.59. The monoisotopic (exact) mass is 210 g/mol. The number of fused-ring (bicyclic) bond motifs is 1. The Morgan fingerprint density at radius 2 is 2.00 bits per heavy atom. The molecule has 1 heterocycles. The van der Waals surface area contributed by atoms with Crippen LogP contribution in [0.25, 0.3) is 10.9 Å². The van der Waals surface area contributed by atoms with Crippen LogP contribution in [0.4, 0.5) is 8.78 Å². The maximum Gasteiger partial charge on any atom is 0.333 e. The average Bonchev–Trinajstić information content (AvgIpc) is 2.59. The highest BCUT2D eigenvalue weighted by Crippen LogP contribution is 2.23. The van der Waals surface area contributed by atoms with Crippen LogP contribution in [0.5, 0.6) is 0 Å². The number of halogens is 2. The minimum atomic E-state index is -2.58. The molecule has 2 nitrogen and oxygen atoms in total. The molecule has 0 radical (unpaired) electrons. The molecule has 0 amide bonds. The second-order valence-electron chi connectivity index (χ2n) is 3.84. The van der Waals surface area contributed by atoms with E-state index in [-0.39, 0.29) is 0 Å². The molecule has 80 valence electrons. The van der Waals surface area contributed by atoms with Crippen LogP contribution in [0.2, 0.25) is 0 Å². The van der Waals surface area contributed by atoms with E-state index in [9.17, 15) is 8.78 Å². The van der Waals surface area contributed by atoms with Gasteiger partial charge in [0.05, 0.1) is 11.7 Å². The molecule has 0 aliphatic rings. The summed E-state index contributed by atoms with van der Waals surface area (Å²) in [6.45, 7) is 1.56. The van der Waals surface area contributed by atoms with E-state index in [0.717, 1.165) is 15.6 Å². The molecular formula is C11H12F2N2. The third-order valence-electron chi connectivity index (χ3n) is 2.47. The molecule has 4 heteroatoms. The summed E-state index contributed by atoms with van der Waals surface area (Å²) in [5.74, 6) is 0.393. The number of hydrogen-bond acceptors (Lipinski definition) is 1. The standard InChI is InChI=1S/C11H12F2N2/c1-7(2)8-3-4-10-9(5-8)6-14-15(10)11(12)13/h3-7,11H,1-2H3. The van der Waals surface area contributed by atoms with Crippen molar-refractivity contribution >= 4 is 10.9 Å². The van der Waals surface area contributed by atoms with Gasteiger partial charge in [-0.1, -0.05) is 19.9 Å². The first-order valence-corrected chi connectivity index (χ1v) is 4.85. The lowest BCUT2D eigenvalue weighted by Crippen LogP contribution is -1.99. The van der Waals surface area contributed by atoms with E-state index in [1.807, 2.05) is 12.1 Å². The molecule has 0 bridgehead atoms. The van der Waals surface area contributed by atoms with Gasteiger partial charge in [-0.15, -0.1) is 0 Å². The van der Waals surface area contributed by atoms with Crippen LogP contribution >= 0.6 is 0 Å². The maximum atomic E-state index is 12.5. The molecule has 0 unspecified atom stereocenters. The fourth-order valence-corrected chi connectivity index (χ4v) is 1.59. The van der Waals surface area contributed by atoms with Crippen molar-refractivity contribution in [2.45, 2.75) is 26.3 Å². The summed E-state index contributed by atoms with van der Waals surface area (Å²) in [5.41, 5.74) is 1.62. The zero-order valence-corrected chi connectivity index (χ0v) is 8.61. The van der Waals surface area contributed by atoms with E-state index in [1.165, 1.54) is 6.20 Å². The number of nitrogens with zero attached hydrogens (tertiary/aromatic N) is 2. The Hall–Kier alpha value is -1.45. The number of aromatic nitrogens is 2. The first-order valence-electron chi connectivity index (χ1n) is 4.85. The van der Waals surface area contributed by atoms with E-state index in [4.69, 9.17) is 0 Å². The zero-order chi connectivity index (χ0) is 11.0. The van der Waals surface area contributed by atoms with Crippen LogP contribution in [-0.2, 0) is 0 Å². The molecule has 0 saturated carbocycles. The highest BCUT2D eigenvalue weighted by atomic mass is 19.3. The van der Waals surface area contributed by atoms with E-state index < -0.39 is 6.55 Å². The highest BCUT2D eigenvalue weighted by molar-refractivity contribution is 5.79. The molecule has 15 heavy (non-hydrogen) atoms. The van der Waals surface area contributed by atoms with Gasteiger partial charge in [-0.05, 0) is 23.6 Å². The number of alkyl halides is 2. The van der Waals surface area contributed by atoms with Crippen LogP contribution in [0.1, 0.15) is 31.9 Å². The third kappa shape index (κ3) is 1.71. The van der Waals surface area contributed by atoms with Gasteiger partial charge in [-0.2, -0.15) is 13.9 Å². The van der Waals surface area contributed by atoms with Gasteiger partial charge in [-0.25, -0.2) is 4.68 Å². The third-order valence-corrected chi connectivity index (χ3v) is 2.47. The summed E-state index contributed by atoms with van der Waals surface area (Å²) in [6, 6.07) is 5.48. The smallest absolute Gasteiger partial charge is 0.204 e. The molecule has 2 aromatic rings. The van der Waals surface area contributed by atoms with E-state index >= 15 is 0 Å². The van der Waals surface area contributed by atoms with Gasteiger partial charge in [0.2, 0.25) is 0 Å². The van der Waals surface area contributed by atoms with Crippen molar-refractivity contribution in [1.82, 2.24) is 9.78 Å². The van der Waals surface area contributed by atoms with Crippen LogP contribution in [0.15, 0.2) is 24.4 Å². The molecular weight excluding hydrogens is 198 g/mol. The molecule has 0 saturated heterocycles. The molecule has 1 aromatic heterocycles. The topological polar surface area (TPSA) is 17.8 Å². The van der Waals surface area contributed by atoms with Crippen LogP contribution in [0.3, 0.4) is 0 Å². The Labute approximate surface area is 86.5 Å². The van der Waals surface area contributed by atoms with Crippen molar-refractivity contribution in [3.63, 3.8) is 0 Å². The molecule has 1 aromatic carbocycles. The first-order chi connectivity index (χ1) is 7.09. The van der Waals surface area contributed by atoms with Gasteiger partial charge in [0.15, 0.2) is 0 Å². The molecule has 0 atom stereocenters. The van der Waals surface area contributed by atoms with Gasteiger partial charge in [0, 0.05) is 5.39 Å². The Bertz CT molecular complexity index is 474. The van der Waals surface area contributed by atoms with Crippen molar-refractivity contribution < 1.29 is 8.78 Å². The summed E-state index contributed by atoms with van der Waals surface area (Å²) in [4.78, 5) is 0. The molecule has 0 aliphatic carbocycles. The zero-order valence-electron chi connectivity index (χ0n) is 8.61. The van der Waals surface area contributed by atoms with E-state index in [0.29, 0.717) is 11.4 Å². The molecule has 2 rings (SSSR count). The minimum absolute atomic E-state index is 0.393. The van der Waals surface area contributed by atoms with Gasteiger partial charge < -0.3 is 0 Å². The molecule has 0 N–H and O–H groups in total. The lowest BCUT2D eigenvalue weighted by atomic mass is 10.0. The number of hydrogen-bond donors (Lipinski definition) is 0. The highest BCUT2D eigenvalue weighted by Gasteiger charge is 2.11. The Morgan fingerprint density at radius 3 is 2.60 bits per heavy atom. The van der Waals surface area contributed by atoms with Gasteiger partial charge in [0.25, 0.3) is 0 Å². The normalized spacial score (nSPS) is 11.9. The first kappa shape index (κ1) is 10.1. The summed E-state index contributed by atoms with van der Waals surface area (Å²) in [5, 5.41) is 4.43. The molecule has 0 fully saturated rings. The van der Waals surface area contributed by atoms with Crippen molar-refractivity contribution in [3.05, 3.63) is 30.0 Å². The van der Waals surface area contributed by atoms with Crippen molar-refractivity contribution in [2.75, 3.05) is 0 Å². The Kier molecular flexibility index (Phi) is 2.42. The lowest BCUT2D eigenvalue weighted by molar-refractivity contribution is 0.0615. The average molecular weight is 210 g/mol. The minimum Gasteiger partial charge on any atom is -0.204 e. The SMILES string of the molecule is CC(C)c1ccc2c(cnn2C(F)F)c1. The van der Waals surface area contributed by atoms with E-state index in [1.54, 1.807) is 6.07 Å². The van der Waals surface area contributed by atoms with Crippen LogP contribution in [0, 0.1) is 0 Å². The van der Waals surface area contributed by atoms with Crippen LogP contribution in [-0.4, -0.2) is 9.78 Å². The van der Waals surface area contributed by atoms with Gasteiger partial charge in [-0.3, -0.25) is 0 Å². The maximum absolute atomic E-state index is 12.5. The van der Waals surface area contributed by atoms with Gasteiger partial charge in [0.1, 0.15) is 0 Å². The fraction of sp³-hybridized carbons (Fsp3) is 0.364. The predicted molar refractivity (Wildman–Crippen MR) is 55.1 cm³/mol. The second-order valence-corrected chi connectivity index (χ2v) is 3.84. The summed E-state index contributed by atoms with van der Waals surface area (Å²) in [6.07, 6.45) is 1.48. The van der Waals surface area contributed by atoms with Crippen molar-refractivity contribution in [3.8, 4) is 0 Å². The van der Waals surface area contributed by atoms with E-state index in [2.05, 4.69) is 18.9 Å². The van der Waals surface area contributed by atoms with Crippen molar-refractivity contribution in [2.24, 2.45) is 0 Å².